The van der Waals surface area contributed by atoms with E-state index in [1.807, 2.05) is 24.3 Å². The molecule has 0 spiro atoms. The first-order valence-corrected chi connectivity index (χ1v) is 7.17. The minimum absolute atomic E-state index is 0.218. The summed E-state index contributed by atoms with van der Waals surface area (Å²) in [5, 5.41) is 4.86. The standard InChI is InChI=1S/C16H17Cl2NO/c1-11(12-3-6-15(20-2)7-4-12)19-10-13-9-14(17)5-8-16(13)18/h3-9,11,19H,10H2,1-2H3/t11-/m1/s1. The second kappa shape index (κ2) is 6.98. The number of nitrogens with one attached hydrogen (secondary N) is 1. The molecule has 106 valence electrons. The van der Waals surface area contributed by atoms with Crippen LogP contribution in [-0.4, -0.2) is 7.11 Å². The quantitative estimate of drug-likeness (QED) is 0.852. The first kappa shape index (κ1) is 15.2. The number of ether oxygens (including phenoxy) is 1. The summed E-state index contributed by atoms with van der Waals surface area (Å²) in [5.74, 6) is 0.860. The summed E-state index contributed by atoms with van der Waals surface area (Å²) in [6.07, 6.45) is 0. The Labute approximate surface area is 129 Å². The lowest BCUT2D eigenvalue weighted by Gasteiger charge is -2.15. The Hall–Kier alpha value is -1.22. The third-order valence-corrected chi connectivity index (χ3v) is 3.83. The molecule has 4 heteroatoms. The molecule has 20 heavy (non-hydrogen) atoms. The van der Waals surface area contributed by atoms with E-state index in [0.717, 1.165) is 16.3 Å². The average molecular weight is 310 g/mol. The summed E-state index contributed by atoms with van der Waals surface area (Å²) in [6.45, 7) is 2.78. The lowest BCUT2D eigenvalue weighted by atomic mass is 10.1. The van der Waals surface area contributed by atoms with Crippen LogP contribution in [0.15, 0.2) is 42.5 Å². The Balaban J connectivity index is 2.00. The van der Waals surface area contributed by atoms with Gasteiger partial charge in [0.15, 0.2) is 0 Å². The van der Waals surface area contributed by atoms with Crippen molar-refractivity contribution >= 4 is 23.2 Å². The van der Waals surface area contributed by atoms with E-state index < -0.39 is 0 Å². The van der Waals surface area contributed by atoms with E-state index in [2.05, 4.69) is 24.4 Å². The molecule has 0 fully saturated rings. The molecule has 0 saturated heterocycles. The largest absolute Gasteiger partial charge is 0.497 e. The maximum atomic E-state index is 6.15. The van der Waals surface area contributed by atoms with E-state index in [9.17, 15) is 0 Å². The molecule has 0 aromatic heterocycles. The highest BCUT2D eigenvalue weighted by atomic mass is 35.5. The number of hydrogen-bond acceptors (Lipinski definition) is 2. The maximum absolute atomic E-state index is 6.15. The molecular formula is C16H17Cl2NO. The molecule has 1 N–H and O–H groups in total. The zero-order valence-electron chi connectivity index (χ0n) is 11.5. The number of halogens is 2. The lowest BCUT2D eigenvalue weighted by molar-refractivity contribution is 0.414. The van der Waals surface area contributed by atoms with Crippen LogP contribution in [-0.2, 0) is 6.54 Å². The molecule has 0 saturated carbocycles. The van der Waals surface area contributed by atoms with Gasteiger partial charge in [-0.2, -0.15) is 0 Å². The van der Waals surface area contributed by atoms with Crippen LogP contribution in [0.25, 0.3) is 0 Å². The van der Waals surface area contributed by atoms with Crippen molar-refractivity contribution in [1.29, 1.82) is 0 Å². The molecule has 0 aliphatic rings. The Morgan fingerprint density at radius 2 is 1.80 bits per heavy atom. The van der Waals surface area contributed by atoms with Crippen LogP contribution < -0.4 is 10.1 Å². The molecule has 0 aliphatic carbocycles. The monoisotopic (exact) mass is 309 g/mol. The van der Waals surface area contributed by atoms with Gasteiger partial charge >= 0.3 is 0 Å². The third-order valence-electron chi connectivity index (χ3n) is 3.22. The van der Waals surface area contributed by atoms with Crippen LogP contribution in [0.2, 0.25) is 10.0 Å². The third kappa shape index (κ3) is 3.89. The molecule has 0 radical (unpaired) electrons. The minimum Gasteiger partial charge on any atom is -0.497 e. The van der Waals surface area contributed by atoms with Crippen molar-refractivity contribution in [2.75, 3.05) is 7.11 Å². The molecule has 2 rings (SSSR count). The van der Waals surface area contributed by atoms with Gasteiger partial charge in [-0.05, 0) is 48.4 Å². The highest BCUT2D eigenvalue weighted by molar-refractivity contribution is 6.33. The van der Waals surface area contributed by atoms with Crippen LogP contribution in [0, 0.1) is 0 Å². The van der Waals surface area contributed by atoms with Gasteiger partial charge in [-0.15, -0.1) is 0 Å². The van der Waals surface area contributed by atoms with E-state index >= 15 is 0 Å². The van der Waals surface area contributed by atoms with Crippen molar-refractivity contribution in [3.63, 3.8) is 0 Å². The summed E-state index contributed by atoms with van der Waals surface area (Å²) in [5.41, 5.74) is 2.20. The van der Waals surface area contributed by atoms with E-state index in [1.165, 1.54) is 5.56 Å². The summed E-state index contributed by atoms with van der Waals surface area (Å²) < 4.78 is 5.15. The summed E-state index contributed by atoms with van der Waals surface area (Å²) in [4.78, 5) is 0. The van der Waals surface area contributed by atoms with Gasteiger partial charge in [-0.25, -0.2) is 0 Å². The summed E-state index contributed by atoms with van der Waals surface area (Å²) >= 11 is 12.1. The smallest absolute Gasteiger partial charge is 0.118 e. The molecular weight excluding hydrogens is 293 g/mol. The molecule has 0 heterocycles. The Bertz CT molecular complexity index is 569. The Kier molecular flexibility index (Phi) is 5.30. The van der Waals surface area contributed by atoms with Crippen molar-refractivity contribution in [2.45, 2.75) is 19.5 Å². The average Bonchev–Trinajstić information content (AvgIpc) is 2.48. The Morgan fingerprint density at radius 1 is 1.10 bits per heavy atom. The molecule has 0 unspecified atom stereocenters. The molecule has 0 aliphatic heterocycles. The predicted octanol–water partition coefficient (Wildman–Crippen LogP) is 4.85. The molecule has 1 atom stereocenters. The first-order valence-electron chi connectivity index (χ1n) is 6.41. The zero-order chi connectivity index (χ0) is 14.5. The van der Waals surface area contributed by atoms with Crippen molar-refractivity contribution in [1.82, 2.24) is 5.32 Å². The van der Waals surface area contributed by atoms with Crippen molar-refractivity contribution < 1.29 is 4.74 Å². The molecule has 2 aromatic rings. The SMILES string of the molecule is COc1ccc([C@@H](C)NCc2cc(Cl)ccc2Cl)cc1. The lowest BCUT2D eigenvalue weighted by Crippen LogP contribution is -2.18. The molecule has 0 amide bonds. The van der Waals surface area contributed by atoms with Gasteiger partial charge in [0.1, 0.15) is 5.75 Å². The summed E-state index contributed by atoms with van der Waals surface area (Å²) in [6, 6.07) is 13.7. The number of methoxy groups -OCH3 is 1. The van der Waals surface area contributed by atoms with Crippen molar-refractivity contribution in [3.05, 3.63) is 63.6 Å². The van der Waals surface area contributed by atoms with Gasteiger partial charge < -0.3 is 10.1 Å². The van der Waals surface area contributed by atoms with Gasteiger partial charge in [0.2, 0.25) is 0 Å². The fourth-order valence-corrected chi connectivity index (χ4v) is 2.33. The number of hydrogen-bond donors (Lipinski definition) is 1. The highest BCUT2D eigenvalue weighted by Gasteiger charge is 2.07. The predicted molar refractivity (Wildman–Crippen MR) is 84.7 cm³/mol. The normalized spacial score (nSPS) is 12.2. The van der Waals surface area contributed by atoms with Crippen LogP contribution in [0.4, 0.5) is 0 Å². The summed E-state index contributed by atoms with van der Waals surface area (Å²) in [7, 11) is 1.66. The van der Waals surface area contributed by atoms with Crippen LogP contribution in [0.3, 0.4) is 0 Å². The van der Waals surface area contributed by atoms with Crippen molar-refractivity contribution in [2.24, 2.45) is 0 Å². The first-order chi connectivity index (χ1) is 9.60. The van der Waals surface area contributed by atoms with Gasteiger partial charge in [0.25, 0.3) is 0 Å². The van der Waals surface area contributed by atoms with E-state index in [4.69, 9.17) is 27.9 Å². The molecule has 0 bridgehead atoms. The van der Waals surface area contributed by atoms with Crippen molar-refractivity contribution in [3.8, 4) is 5.75 Å². The fraction of sp³-hybridized carbons (Fsp3) is 0.250. The van der Waals surface area contributed by atoms with E-state index in [1.54, 1.807) is 13.2 Å². The minimum atomic E-state index is 0.218. The molecule has 2 aromatic carbocycles. The van der Waals surface area contributed by atoms with Gasteiger partial charge in [-0.1, -0.05) is 35.3 Å². The van der Waals surface area contributed by atoms with Crippen LogP contribution in [0.5, 0.6) is 5.75 Å². The highest BCUT2D eigenvalue weighted by Crippen LogP contribution is 2.22. The van der Waals surface area contributed by atoms with Crippen LogP contribution >= 0.6 is 23.2 Å². The maximum Gasteiger partial charge on any atom is 0.118 e. The molecule has 2 nitrogen and oxygen atoms in total. The van der Waals surface area contributed by atoms with E-state index in [-0.39, 0.29) is 6.04 Å². The zero-order valence-corrected chi connectivity index (χ0v) is 13.0. The Morgan fingerprint density at radius 3 is 2.45 bits per heavy atom. The number of rotatable bonds is 5. The fourth-order valence-electron chi connectivity index (χ4n) is 1.95. The van der Waals surface area contributed by atoms with Gasteiger partial charge in [0.05, 0.1) is 7.11 Å². The van der Waals surface area contributed by atoms with E-state index in [0.29, 0.717) is 11.6 Å². The van der Waals surface area contributed by atoms with Gasteiger partial charge in [0, 0.05) is 22.6 Å². The van der Waals surface area contributed by atoms with Crippen LogP contribution in [0.1, 0.15) is 24.1 Å². The van der Waals surface area contributed by atoms with Gasteiger partial charge in [-0.3, -0.25) is 0 Å². The number of benzene rings is 2. The second-order valence-corrected chi connectivity index (χ2v) is 5.46. The second-order valence-electron chi connectivity index (χ2n) is 4.61. The topological polar surface area (TPSA) is 21.3 Å².